The Morgan fingerprint density at radius 3 is 2.37 bits per heavy atom. The Labute approximate surface area is 379 Å². The maximum absolute atomic E-state index is 14.7. The van der Waals surface area contributed by atoms with Gasteiger partial charge in [0.15, 0.2) is 0 Å². The van der Waals surface area contributed by atoms with Gasteiger partial charge in [-0.2, -0.15) is 0 Å². The maximum Gasteiger partial charge on any atom is 0.245 e. The van der Waals surface area contributed by atoms with Gasteiger partial charge in [-0.3, -0.25) is 19.2 Å². The maximum atomic E-state index is 14.7. The van der Waals surface area contributed by atoms with Crippen LogP contribution in [0.2, 0.25) is 10.0 Å². The number of aliphatic hydroxyl groups excluding tert-OH is 1. The summed E-state index contributed by atoms with van der Waals surface area (Å²) in [5.41, 5.74) is 2.45. The average Bonchev–Trinajstić information content (AvgIpc) is 3.99. The highest BCUT2D eigenvalue weighted by Gasteiger charge is 2.44. The van der Waals surface area contributed by atoms with Crippen LogP contribution in [0.4, 0.5) is 0 Å². The lowest BCUT2D eigenvalue weighted by Crippen LogP contribution is -2.65. The highest BCUT2D eigenvalue weighted by atomic mass is 35.5. The molecule has 3 aromatic carbocycles. The number of carbonyl (C=O) groups excluding carboxylic acids is 4. The SMILES string of the molecule is C[C@H]1C(=O)N[C@@H](CO)C(=O)N[C@@]2(Cc3ccc(Cl)cc3)CCCN(C2)C(=O)[C@H](CC2CC2)CC(=O)N1Cc1ccc(Cl)cc1Oc1ccc(-c2cnc(CNC(C)(C)C)n2C)cc1. The Kier molecular flexibility index (Phi) is 14.2. The number of fused-ring (bicyclic) bond motifs is 2. The molecule has 13 nitrogen and oxygen atoms in total. The summed E-state index contributed by atoms with van der Waals surface area (Å²) in [6, 6.07) is 17.6. The lowest BCUT2D eigenvalue weighted by atomic mass is 9.81. The van der Waals surface area contributed by atoms with Crippen molar-refractivity contribution in [1.82, 2.24) is 35.3 Å². The van der Waals surface area contributed by atoms with Gasteiger partial charge in [0.05, 0.1) is 37.1 Å². The van der Waals surface area contributed by atoms with Gasteiger partial charge in [-0.05, 0) is 113 Å². The number of rotatable bonds is 12. The molecular formula is C48H59Cl2N7O6. The molecule has 4 aromatic rings. The molecule has 4 N–H and O–H groups in total. The van der Waals surface area contributed by atoms with Gasteiger partial charge in [-0.25, -0.2) is 4.98 Å². The number of imidazole rings is 1. The second-order valence-electron chi connectivity index (χ2n) is 18.6. The van der Waals surface area contributed by atoms with E-state index in [0.29, 0.717) is 71.8 Å². The Morgan fingerprint density at radius 1 is 0.968 bits per heavy atom. The predicted molar refractivity (Wildman–Crippen MR) is 243 cm³/mol. The normalized spacial score (nSPS) is 22.7. The molecule has 7 rings (SSSR count). The molecule has 2 bridgehead atoms. The molecule has 0 unspecified atom stereocenters. The van der Waals surface area contributed by atoms with Crippen LogP contribution in [0.25, 0.3) is 11.3 Å². The Morgan fingerprint density at radius 2 is 1.68 bits per heavy atom. The van der Waals surface area contributed by atoms with Crippen molar-refractivity contribution in [1.29, 1.82) is 0 Å². The first-order chi connectivity index (χ1) is 30.0. The molecule has 2 aliphatic heterocycles. The topological polar surface area (TPSA) is 158 Å². The van der Waals surface area contributed by atoms with E-state index in [1.807, 2.05) is 49.6 Å². The van der Waals surface area contributed by atoms with Crippen LogP contribution in [0, 0.1) is 11.8 Å². The zero-order chi connectivity index (χ0) is 45.1. The number of nitrogens with one attached hydrogen (secondary N) is 3. The minimum Gasteiger partial charge on any atom is -0.457 e. The van der Waals surface area contributed by atoms with E-state index in [0.717, 1.165) is 35.5 Å². The number of benzene rings is 3. The van der Waals surface area contributed by atoms with Crippen molar-refractivity contribution < 1.29 is 29.0 Å². The van der Waals surface area contributed by atoms with Crippen molar-refractivity contribution in [3.63, 3.8) is 0 Å². The molecule has 3 heterocycles. The summed E-state index contributed by atoms with van der Waals surface area (Å²) in [7, 11) is 1.99. The third kappa shape index (κ3) is 11.6. The number of aromatic nitrogens is 2. The molecule has 1 aliphatic carbocycles. The van der Waals surface area contributed by atoms with E-state index in [1.54, 1.807) is 42.2 Å². The molecule has 63 heavy (non-hydrogen) atoms. The number of nitrogens with zero attached hydrogens (tertiary/aromatic N) is 4. The number of halogens is 2. The van der Waals surface area contributed by atoms with Gasteiger partial charge < -0.3 is 40.2 Å². The van der Waals surface area contributed by atoms with Crippen molar-refractivity contribution in [2.75, 3.05) is 19.7 Å². The van der Waals surface area contributed by atoms with Crippen molar-refractivity contribution in [2.45, 2.75) is 109 Å². The smallest absolute Gasteiger partial charge is 0.245 e. The number of piperidine rings is 1. The van der Waals surface area contributed by atoms with E-state index < -0.39 is 42.0 Å². The van der Waals surface area contributed by atoms with E-state index in [9.17, 15) is 24.3 Å². The van der Waals surface area contributed by atoms with Crippen LogP contribution >= 0.6 is 23.2 Å². The van der Waals surface area contributed by atoms with Gasteiger partial charge in [0.2, 0.25) is 23.6 Å². The zero-order valence-electron chi connectivity index (χ0n) is 36.8. The van der Waals surface area contributed by atoms with Crippen LogP contribution in [0.5, 0.6) is 11.5 Å². The minimum absolute atomic E-state index is 0.0504. The first-order valence-corrected chi connectivity index (χ1v) is 22.6. The van der Waals surface area contributed by atoms with Crippen molar-refractivity contribution in [3.05, 3.63) is 99.9 Å². The van der Waals surface area contributed by atoms with E-state index in [1.165, 1.54) is 4.90 Å². The van der Waals surface area contributed by atoms with Crippen molar-refractivity contribution in [3.8, 4) is 22.8 Å². The predicted octanol–water partition coefficient (Wildman–Crippen LogP) is 6.81. The molecular weight excluding hydrogens is 841 g/mol. The van der Waals surface area contributed by atoms with E-state index in [2.05, 4.69) is 46.3 Å². The number of hydrogen-bond acceptors (Lipinski definition) is 8. The molecule has 4 amide bonds. The second-order valence-corrected chi connectivity index (χ2v) is 19.4. The van der Waals surface area contributed by atoms with Crippen LogP contribution < -0.4 is 20.7 Å². The first kappa shape index (κ1) is 46.1. The van der Waals surface area contributed by atoms with Crippen LogP contribution in [0.15, 0.2) is 72.9 Å². The van der Waals surface area contributed by atoms with Crippen LogP contribution in [-0.2, 0) is 45.7 Å². The van der Waals surface area contributed by atoms with Gasteiger partial charge >= 0.3 is 0 Å². The van der Waals surface area contributed by atoms with E-state index in [4.69, 9.17) is 27.9 Å². The molecule has 2 saturated heterocycles. The first-order valence-electron chi connectivity index (χ1n) is 21.9. The molecule has 3 fully saturated rings. The summed E-state index contributed by atoms with van der Waals surface area (Å²) in [6.45, 7) is 8.51. The number of carbonyl (C=O) groups is 4. The molecule has 336 valence electrons. The Hall–Kier alpha value is -4.95. The average molecular weight is 901 g/mol. The Balaban J connectivity index is 1.15. The fraction of sp³-hybridized carbons (Fsp3) is 0.479. The third-order valence-electron chi connectivity index (χ3n) is 12.4. The van der Waals surface area contributed by atoms with Crippen LogP contribution in [0.3, 0.4) is 0 Å². The molecule has 3 aliphatic rings. The quantitative estimate of drug-likeness (QED) is 0.121. The summed E-state index contributed by atoms with van der Waals surface area (Å²) in [4.78, 5) is 65.4. The number of aliphatic hydroxyl groups is 1. The fourth-order valence-electron chi connectivity index (χ4n) is 8.62. The standard InChI is InChI=1S/C48H59Cl2N7O6/c1-30-44(60)53-39(28-58)45(61)54-48(24-32-9-14-36(49)15-10-32)19-6-20-56(29-48)46(62)35(21-31-7-8-31)22-43(59)57(30)27-34-11-16-37(50)23-41(34)63-38-17-12-33(13-18-38)40-25-51-42(55(40)5)26-52-47(2,3)4/h9-18,23,25,30-31,35,39,52,58H,6-8,19-22,24,26-29H2,1-5H3,(H,53,60)(H,54,61)/t30-,35+,39-,48+/m0/s1. The summed E-state index contributed by atoms with van der Waals surface area (Å²) >= 11 is 12.7. The summed E-state index contributed by atoms with van der Waals surface area (Å²) in [5, 5.41) is 20.9. The van der Waals surface area contributed by atoms with Crippen LogP contribution in [-0.4, -0.2) is 90.9 Å². The van der Waals surface area contributed by atoms with Gasteiger partial charge in [-0.1, -0.05) is 54.2 Å². The monoisotopic (exact) mass is 899 g/mol. The van der Waals surface area contributed by atoms with Gasteiger partial charge in [-0.15, -0.1) is 0 Å². The van der Waals surface area contributed by atoms with E-state index >= 15 is 0 Å². The lowest BCUT2D eigenvalue weighted by Gasteiger charge is -2.45. The van der Waals surface area contributed by atoms with Crippen LogP contribution in [0.1, 0.15) is 83.2 Å². The molecule has 0 spiro atoms. The largest absolute Gasteiger partial charge is 0.457 e. The molecule has 15 heteroatoms. The van der Waals surface area contributed by atoms with Crippen molar-refractivity contribution >= 4 is 46.8 Å². The second kappa shape index (κ2) is 19.4. The van der Waals surface area contributed by atoms with Gasteiger partial charge in [0.25, 0.3) is 0 Å². The molecule has 0 radical (unpaired) electrons. The number of hydrogen-bond donors (Lipinski definition) is 4. The highest BCUT2D eigenvalue weighted by molar-refractivity contribution is 6.31. The minimum atomic E-state index is -1.31. The fourth-order valence-corrected chi connectivity index (χ4v) is 8.91. The number of amides is 4. The summed E-state index contributed by atoms with van der Waals surface area (Å²) in [5.74, 6) is -0.201. The lowest BCUT2D eigenvalue weighted by molar-refractivity contribution is -0.148. The summed E-state index contributed by atoms with van der Waals surface area (Å²) in [6.07, 6.45) is 5.87. The van der Waals surface area contributed by atoms with Gasteiger partial charge in [0.1, 0.15) is 29.4 Å². The van der Waals surface area contributed by atoms with Crippen molar-refractivity contribution in [2.24, 2.45) is 18.9 Å². The number of ether oxygens (including phenoxy) is 1. The molecule has 4 atom stereocenters. The van der Waals surface area contributed by atoms with E-state index in [-0.39, 0.29) is 36.9 Å². The highest BCUT2D eigenvalue weighted by Crippen LogP contribution is 2.39. The third-order valence-corrected chi connectivity index (χ3v) is 12.9. The zero-order valence-corrected chi connectivity index (χ0v) is 38.3. The molecule has 1 saturated carbocycles. The Bertz CT molecular complexity index is 2290. The van der Waals surface area contributed by atoms with Gasteiger partial charge in [0, 0.05) is 59.2 Å². The molecule has 1 aromatic heterocycles. The summed E-state index contributed by atoms with van der Waals surface area (Å²) < 4.78 is 8.50.